The maximum Gasteiger partial charge on any atom is 0.226 e. The Labute approximate surface area is 138 Å². The van der Waals surface area contributed by atoms with Crippen molar-refractivity contribution in [2.24, 2.45) is 0 Å². The van der Waals surface area contributed by atoms with Crippen LogP contribution in [0.4, 0.5) is 4.39 Å². The van der Waals surface area contributed by atoms with E-state index in [1.54, 1.807) is 18.2 Å². The number of nitrogens with zero attached hydrogens (tertiary/aromatic N) is 3. The van der Waals surface area contributed by atoms with Crippen LogP contribution in [-0.2, 0) is 0 Å². The number of pyridine rings is 1. The Kier molecular flexibility index (Phi) is 4.52. The van der Waals surface area contributed by atoms with E-state index in [-0.39, 0.29) is 0 Å². The van der Waals surface area contributed by atoms with Crippen LogP contribution in [0.15, 0.2) is 47.2 Å². The zero-order chi connectivity index (χ0) is 16.9. The molecule has 0 amide bonds. The van der Waals surface area contributed by atoms with Crippen LogP contribution in [0, 0.1) is 17.1 Å². The second-order valence-electron chi connectivity index (χ2n) is 5.11. The van der Waals surface area contributed by atoms with E-state index in [0.29, 0.717) is 40.8 Å². The van der Waals surface area contributed by atoms with Crippen molar-refractivity contribution in [1.82, 2.24) is 9.97 Å². The Morgan fingerprint density at radius 2 is 2.12 bits per heavy atom. The van der Waals surface area contributed by atoms with Gasteiger partial charge in [-0.3, -0.25) is 4.98 Å². The van der Waals surface area contributed by atoms with Gasteiger partial charge in [0.05, 0.1) is 30.1 Å². The van der Waals surface area contributed by atoms with Gasteiger partial charge in [-0.05, 0) is 36.8 Å². The molecule has 6 heteroatoms. The van der Waals surface area contributed by atoms with E-state index in [4.69, 9.17) is 14.4 Å². The van der Waals surface area contributed by atoms with E-state index in [2.05, 4.69) is 16.0 Å². The van der Waals surface area contributed by atoms with Gasteiger partial charge in [-0.2, -0.15) is 5.26 Å². The molecule has 0 N–H and O–H groups in total. The van der Waals surface area contributed by atoms with Crippen molar-refractivity contribution < 1.29 is 13.5 Å². The predicted molar refractivity (Wildman–Crippen MR) is 85.6 cm³/mol. The van der Waals surface area contributed by atoms with Crippen molar-refractivity contribution in [3.63, 3.8) is 0 Å². The van der Waals surface area contributed by atoms with E-state index < -0.39 is 5.82 Å². The molecule has 1 aromatic carbocycles. The molecule has 0 spiro atoms. The number of aromatic nitrogens is 2. The summed E-state index contributed by atoms with van der Waals surface area (Å²) in [5, 5.41) is 9.17. The summed E-state index contributed by atoms with van der Waals surface area (Å²) >= 11 is 0. The second-order valence-corrected chi connectivity index (χ2v) is 5.11. The summed E-state index contributed by atoms with van der Waals surface area (Å²) in [5.41, 5.74) is 2.08. The van der Waals surface area contributed by atoms with Gasteiger partial charge in [0.1, 0.15) is 23.5 Å². The molecule has 2 heterocycles. The molecule has 120 valence electrons. The Balaban J connectivity index is 1.94. The summed E-state index contributed by atoms with van der Waals surface area (Å²) in [7, 11) is 0. The maximum absolute atomic E-state index is 13.0. The summed E-state index contributed by atoms with van der Waals surface area (Å²) in [5.74, 6) is 0.516. The van der Waals surface area contributed by atoms with Crippen molar-refractivity contribution in [1.29, 1.82) is 5.26 Å². The molecular weight excluding hydrogens is 309 g/mol. The van der Waals surface area contributed by atoms with Crippen LogP contribution in [0.1, 0.15) is 18.9 Å². The number of ether oxygens (including phenoxy) is 1. The third-order valence-corrected chi connectivity index (χ3v) is 3.25. The number of hydrogen-bond acceptors (Lipinski definition) is 5. The SMILES string of the molecule is CCCOc1cc(C#N)cc(-c2nc(-c3ccc(F)cn3)co2)c1. The van der Waals surface area contributed by atoms with Crippen molar-refractivity contribution in [3.05, 3.63) is 54.2 Å². The summed E-state index contributed by atoms with van der Waals surface area (Å²) in [6.07, 6.45) is 3.43. The molecule has 3 aromatic rings. The van der Waals surface area contributed by atoms with Crippen LogP contribution in [-0.4, -0.2) is 16.6 Å². The number of benzene rings is 1. The quantitative estimate of drug-likeness (QED) is 0.703. The maximum atomic E-state index is 13.0. The number of halogens is 1. The summed E-state index contributed by atoms with van der Waals surface area (Å²) < 4.78 is 24.0. The highest BCUT2D eigenvalue weighted by molar-refractivity contribution is 5.63. The molecule has 0 fully saturated rings. The van der Waals surface area contributed by atoms with Gasteiger partial charge in [-0.15, -0.1) is 0 Å². The predicted octanol–water partition coefficient (Wildman–Crippen LogP) is 4.20. The van der Waals surface area contributed by atoms with Gasteiger partial charge < -0.3 is 9.15 Å². The van der Waals surface area contributed by atoms with E-state index >= 15 is 0 Å². The minimum atomic E-state index is -0.415. The number of hydrogen-bond donors (Lipinski definition) is 0. The van der Waals surface area contributed by atoms with Crippen LogP contribution in [0.5, 0.6) is 5.75 Å². The molecule has 5 nitrogen and oxygen atoms in total. The van der Waals surface area contributed by atoms with Gasteiger partial charge >= 0.3 is 0 Å². The standard InChI is InChI=1S/C18H14FN3O2/c1-2-5-23-15-7-12(9-20)6-13(8-15)18-22-17(11-24-18)16-4-3-14(19)10-21-16/h3-4,6-8,10-11H,2,5H2,1H3. The van der Waals surface area contributed by atoms with Crippen LogP contribution >= 0.6 is 0 Å². The largest absolute Gasteiger partial charge is 0.494 e. The molecule has 0 saturated carbocycles. The topological polar surface area (TPSA) is 71.9 Å². The molecule has 24 heavy (non-hydrogen) atoms. The first-order valence-corrected chi connectivity index (χ1v) is 7.45. The molecule has 0 saturated heterocycles. The molecule has 0 bridgehead atoms. The molecule has 0 aliphatic heterocycles. The fourth-order valence-corrected chi connectivity index (χ4v) is 2.14. The molecular formula is C18H14FN3O2. The Morgan fingerprint density at radius 3 is 2.83 bits per heavy atom. The summed E-state index contributed by atoms with van der Waals surface area (Å²) in [4.78, 5) is 8.33. The number of oxazole rings is 1. The van der Waals surface area contributed by atoms with Gasteiger partial charge in [0.25, 0.3) is 0 Å². The van der Waals surface area contributed by atoms with Crippen molar-refractivity contribution in [2.75, 3.05) is 6.61 Å². The number of rotatable bonds is 5. The first kappa shape index (κ1) is 15.7. The van der Waals surface area contributed by atoms with Crippen LogP contribution in [0.3, 0.4) is 0 Å². The third-order valence-electron chi connectivity index (χ3n) is 3.25. The molecule has 0 aliphatic carbocycles. The van der Waals surface area contributed by atoms with Crippen LogP contribution in [0.2, 0.25) is 0 Å². The molecule has 0 aliphatic rings. The highest BCUT2D eigenvalue weighted by Gasteiger charge is 2.12. The van der Waals surface area contributed by atoms with Gasteiger partial charge in [-0.1, -0.05) is 6.92 Å². The van der Waals surface area contributed by atoms with E-state index in [9.17, 15) is 4.39 Å². The lowest BCUT2D eigenvalue weighted by molar-refractivity contribution is 0.317. The summed E-state index contributed by atoms with van der Waals surface area (Å²) in [6.45, 7) is 2.57. The molecule has 3 rings (SSSR count). The van der Waals surface area contributed by atoms with Crippen molar-refractivity contribution >= 4 is 0 Å². The monoisotopic (exact) mass is 323 g/mol. The van der Waals surface area contributed by atoms with Crippen molar-refractivity contribution in [3.8, 4) is 34.7 Å². The zero-order valence-electron chi connectivity index (χ0n) is 13.0. The van der Waals surface area contributed by atoms with Gasteiger partial charge in [0.15, 0.2) is 0 Å². The number of nitriles is 1. The molecule has 0 radical (unpaired) electrons. The van der Waals surface area contributed by atoms with Gasteiger partial charge in [0, 0.05) is 5.56 Å². The first-order valence-electron chi connectivity index (χ1n) is 7.45. The fraction of sp³-hybridized carbons (Fsp3) is 0.167. The summed E-state index contributed by atoms with van der Waals surface area (Å²) in [6, 6.07) is 10.0. The van der Waals surface area contributed by atoms with E-state index in [1.165, 1.54) is 18.4 Å². The lowest BCUT2D eigenvalue weighted by Gasteiger charge is -2.06. The zero-order valence-corrected chi connectivity index (χ0v) is 13.0. The lowest BCUT2D eigenvalue weighted by atomic mass is 10.1. The molecule has 0 atom stereocenters. The Hall–Kier alpha value is -3.20. The average molecular weight is 323 g/mol. The fourth-order valence-electron chi connectivity index (χ4n) is 2.14. The molecule has 2 aromatic heterocycles. The smallest absolute Gasteiger partial charge is 0.226 e. The van der Waals surface area contributed by atoms with Crippen LogP contribution < -0.4 is 4.74 Å². The minimum Gasteiger partial charge on any atom is -0.494 e. The Bertz CT molecular complexity index is 882. The minimum absolute atomic E-state index is 0.342. The molecule has 0 unspecified atom stereocenters. The lowest BCUT2D eigenvalue weighted by Crippen LogP contribution is -1.96. The van der Waals surface area contributed by atoms with Gasteiger partial charge in [0.2, 0.25) is 5.89 Å². The van der Waals surface area contributed by atoms with E-state index in [1.807, 2.05) is 6.92 Å². The third kappa shape index (κ3) is 3.41. The van der Waals surface area contributed by atoms with Crippen LogP contribution in [0.25, 0.3) is 22.8 Å². The highest BCUT2D eigenvalue weighted by atomic mass is 19.1. The Morgan fingerprint density at radius 1 is 1.25 bits per heavy atom. The van der Waals surface area contributed by atoms with Crippen molar-refractivity contribution in [2.45, 2.75) is 13.3 Å². The first-order chi connectivity index (χ1) is 11.7. The second kappa shape index (κ2) is 6.92. The highest BCUT2D eigenvalue weighted by Crippen LogP contribution is 2.28. The van der Waals surface area contributed by atoms with E-state index in [0.717, 1.165) is 12.6 Å². The van der Waals surface area contributed by atoms with Gasteiger partial charge in [-0.25, -0.2) is 9.37 Å². The normalized spacial score (nSPS) is 10.4. The average Bonchev–Trinajstić information content (AvgIpc) is 3.10.